The fraction of sp³-hybridized carbons (Fsp3) is 0.875. The first kappa shape index (κ1) is 14.8. The maximum absolute atomic E-state index is 12.6. The third-order valence-corrected chi connectivity index (χ3v) is 5.00. The molecule has 0 aromatic rings. The number of nitrogens with zero attached hydrogens (tertiary/aromatic N) is 2. The molecule has 3 rings (SSSR count). The van der Waals surface area contributed by atoms with Crippen molar-refractivity contribution in [1.29, 1.82) is 0 Å². The first-order valence-corrected chi connectivity index (χ1v) is 8.42. The van der Waals surface area contributed by atoms with Gasteiger partial charge in [0, 0.05) is 32.2 Å². The van der Waals surface area contributed by atoms with Crippen LogP contribution in [0.3, 0.4) is 0 Å². The predicted molar refractivity (Wildman–Crippen MR) is 78.7 cm³/mol. The van der Waals surface area contributed by atoms with Gasteiger partial charge in [-0.05, 0) is 38.5 Å². The van der Waals surface area contributed by atoms with Gasteiger partial charge in [0.05, 0.1) is 12.6 Å². The summed E-state index contributed by atoms with van der Waals surface area (Å²) in [4.78, 5) is 28.6. The third-order valence-electron chi connectivity index (χ3n) is 5.00. The van der Waals surface area contributed by atoms with Gasteiger partial charge in [-0.3, -0.25) is 9.59 Å². The van der Waals surface area contributed by atoms with E-state index in [9.17, 15) is 9.59 Å². The van der Waals surface area contributed by atoms with Crippen LogP contribution in [0.1, 0.15) is 44.9 Å². The fourth-order valence-corrected chi connectivity index (χ4v) is 3.41. The van der Waals surface area contributed by atoms with E-state index in [2.05, 4.69) is 0 Å². The Hall–Kier alpha value is -1.10. The summed E-state index contributed by atoms with van der Waals surface area (Å²) in [6.07, 6.45) is 7.49. The van der Waals surface area contributed by atoms with Crippen LogP contribution in [0.25, 0.3) is 0 Å². The van der Waals surface area contributed by atoms with E-state index >= 15 is 0 Å². The van der Waals surface area contributed by atoms with Gasteiger partial charge in [0.25, 0.3) is 0 Å². The number of hydrogen-bond acceptors (Lipinski definition) is 3. The van der Waals surface area contributed by atoms with Crippen LogP contribution >= 0.6 is 0 Å². The van der Waals surface area contributed by atoms with E-state index in [1.54, 1.807) is 4.90 Å². The molecule has 0 aromatic heterocycles. The standard InChI is InChI=1S/C16H26N2O3/c19-15(17-8-1-2-9-17)12-18(11-14-7-4-10-21-14)16(20)13-5-3-6-13/h13-14H,1-12H2/t14-/m0/s1. The van der Waals surface area contributed by atoms with Crippen molar-refractivity contribution in [2.24, 2.45) is 5.92 Å². The Bertz CT molecular complexity index is 383. The van der Waals surface area contributed by atoms with E-state index in [0.717, 1.165) is 64.6 Å². The third kappa shape index (κ3) is 3.57. The molecule has 1 atom stereocenters. The molecule has 0 unspecified atom stereocenters. The zero-order valence-corrected chi connectivity index (χ0v) is 12.8. The predicted octanol–water partition coefficient (Wildman–Crippen LogP) is 1.42. The van der Waals surface area contributed by atoms with Crippen LogP contribution in [-0.4, -0.2) is 60.5 Å². The number of rotatable bonds is 5. The highest BCUT2D eigenvalue weighted by molar-refractivity contribution is 5.86. The molecule has 0 radical (unpaired) electrons. The average molecular weight is 294 g/mol. The lowest BCUT2D eigenvalue weighted by molar-refractivity contribution is -0.145. The first-order valence-electron chi connectivity index (χ1n) is 8.42. The minimum absolute atomic E-state index is 0.109. The van der Waals surface area contributed by atoms with Crippen LogP contribution in [0.5, 0.6) is 0 Å². The molecular weight excluding hydrogens is 268 g/mol. The fourth-order valence-electron chi connectivity index (χ4n) is 3.41. The second-order valence-corrected chi connectivity index (χ2v) is 6.57. The van der Waals surface area contributed by atoms with Crippen LogP contribution in [0.4, 0.5) is 0 Å². The van der Waals surface area contributed by atoms with E-state index < -0.39 is 0 Å². The van der Waals surface area contributed by atoms with Crippen molar-refractivity contribution < 1.29 is 14.3 Å². The zero-order chi connectivity index (χ0) is 14.7. The molecule has 5 nitrogen and oxygen atoms in total. The molecule has 1 aliphatic carbocycles. The summed E-state index contributed by atoms with van der Waals surface area (Å²) in [7, 11) is 0. The van der Waals surface area contributed by atoms with Crippen molar-refractivity contribution in [2.45, 2.75) is 51.0 Å². The Morgan fingerprint density at radius 1 is 1.05 bits per heavy atom. The van der Waals surface area contributed by atoms with Gasteiger partial charge < -0.3 is 14.5 Å². The second kappa shape index (κ2) is 6.77. The molecule has 118 valence electrons. The normalized spacial score (nSPS) is 25.9. The molecule has 0 spiro atoms. The van der Waals surface area contributed by atoms with Crippen molar-refractivity contribution >= 4 is 11.8 Å². The van der Waals surface area contributed by atoms with E-state index in [1.165, 1.54) is 0 Å². The van der Waals surface area contributed by atoms with Gasteiger partial charge in [0.1, 0.15) is 0 Å². The molecule has 21 heavy (non-hydrogen) atoms. The van der Waals surface area contributed by atoms with Crippen LogP contribution < -0.4 is 0 Å². The maximum Gasteiger partial charge on any atom is 0.242 e. The quantitative estimate of drug-likeness (QED) is 0.770. The van der Waals surface area contributed by atoms with Gasteiger partial charge in [0.15, 0.2) is 0 Å². The topological polar surface area (TPSA) is 49.9 Å². The van der Waals surface area contributed by atoms with Gasteiger partial charge in [-0.2, -0.15) is 0 Å². The highest BCUT2D eigenvalue weighted by Crippen LogP contribution is 2.29. The summed E-state index contributed by atoms with van der Waals surface area (Å²) in [5, 5.41) is 0. The first-order chi connectivity index (χ1) is 10.2. The molecule has 3 fully saturated rings. The summed E-state index contributed by atoms with van der Waals surface area (Å²) in [5.41, 5.74) is 0. The van der Waals surface area contributed by atoms with E-state index in [-0.39, 0.29) is 30.4 Å². The Labute approximate surface area is 126 Å². The van der Waals surface area contributed by atoms with Gasteiger partial charge >= 0.3 is 0 Å². The average Bonchev–Trinajstić information content (AvgIpc) is 3.09. The van der Waals surface area contributed by atoms with Crippen LogP contribution in [-0.2, 0) is 14.3 Å². The Morgan fingerprint density at radius 3 is 2.38 bits per heavy atom. The molecule has 2 heterocycles. The number of carbonyl (C=O) groups is 2. The number of carbonyl (C=O) groups excluding carboxylic acids is 2. The summed E-state index contributed by atoms with van der Waals surface area (Å²) in [5.74, 6) is 0.431. The Kier molecular flexibility index (Phi) is 4.78. The van der Waals surface area contributed by atoms with E-state index in [0.29, 0.717) is 6.54 Å². The minimum Gasteiger partial charge on any atom is -0.376 e. The number of ether oxygens (including phenoxy) is 1. The molecule has 3 aliphatic rings. The summed E-state index contributed by atoms with van der Waals surface area (Å²) < 4.78 is 5.65. The molecule has 2 aliphatic heterocycles. The zero-order valence-electron chi connectivity index (χ0n) is 12.8. The molecule has 2 saturated heterocycles. The molecule has 0 aromatic carbocycles. The summed E-state index contributed by atoms with van der Waals surface area (Å²) >= 11 is 0. The smallest absolute Gasteiger partial charge is 0.242 e. The summed E-state index contributed by atoms with van der Waals surface area (Å²) in [6, 6.07) is 0. The van der Waals surface area contributed by atoms with Gasteiger partial charge in [-0.1, -0.05) is 6.42 Å². The van der Waals surface area contributed by atoms with Crippen molar-refractivity contribution in [2.75, 3.05) is 32.8 Å². The van der Waals surface area contributed by atoms with E-state index in [1.807, 2.05) is 4.90 Å². The molecule has 2 amide bonds. The van der Waals surface area contributed by atoms with Crippen LogP contribution in [0.15, 0.2) is 0 Å². The van der Waals surface area contributed by atoms with E-state index in [4.69, 9.17) is 4.74 Å². The summed E-state index contributed by atoms with van der Waals surface area (Å²) in [6.45, 7) is 3.33. The lowest BCUT2D eigenvalue weighted by Gasteiger charge is -2.33. The SMILES string of the molecule is O=C(CN(C[C@@H]1CCCO1)C(=O)C1CCC1)N1CCCC1. The lowest BCUT2D eigenvalue weighted by Crippen LogP contribution is -2.48. The Morgan fingerprint density at radius 2 is 1.81 bits per heavy atom. The van der Waals surface area contributed by atoms with Crippen LogP contribution in [0, 0.1) is 5.92 Å². The molecule has 5 heteroatoms. The maximum atomic E-state index is 12.6. The molecule has 0 N–H and O–H groups in total. The molecule has 1 saturated carbocycles. The van der Waals surface area contributed by atoms with Crippen molar-refractivity contribution in [3.63, 3.8) is 0 Å². The van der Waals surface area contributed by atoms with Crippen molar-refractivity contribution in [1.82, 2.24) is 9.80 Å². The van der Waals surface area contributed by atoms with Gasteiger partial charge in [0.2, 0.25) is 11.8 Å². The highest BCUT2D eigenvalue weighted by Gasteiger charge is 2.33. The van der Waals surface area contributed by atoms with Gasteiger partial charge in [-0.25, -0.2) is 0 Å². The molecule has 0 bridgehead atoms. The number of hydrogen-bond donors (Lipinski definition) is 0. The van der Waals surface area contributed by atoms with Gasteiger partial charge in [-0.15, -0.1) is 0 Å². The molecular formula is C16H26N2O3. The second-order valence-electron chi connectivity index (χ2n) is 6.57. The largest absolute Gasteiger partial charge is 0.376 e. The highest BCUT2D eigenvalue weighted by atomic mass is 16.5. The van der Waals surface area contributed by atoms with Crippen molar-refractivity contribution in [3.8, 4) is 0 Å². The Balaban J connectivity index is 1.59. The van der Waals surface area contributed by atoms with Crippen LogP contribution in [0.2, 0.25) is 0 Å². The minimum atomic E-state index is 0.109. The lowest BCUT2D eigenvalue weighted by atomic mass is 9.84. The number of likely N-dealkylation sites (tertiary alicyclic amines) is 1. The monoisotopic (exact) mass is 294 g/mol. The number of amides is 2. The van der Waals surface area contributed by atoms with Crippen molar-refractivity contribution in [3.05, 3.63) is 0 Å².